The number of hydrogen-bond donors (Lipinski definition) is 1. The number of rotatable bonds is 7. The van der Waals surface area contributed by atoms with Crippen LogP contribution in [0.2, 0.25) is 5.02 Å². The Balaban J connectivity index is 1.60. The summed E-state index contributed by atoms with van der Waals surface area (Å²) < 4.78 is 2.27. The summed E-state index contributed by atoms with van der Waals surface area (Å²) in [5.74, 6) is 1.73. The number of aryl methyl sites for hydroxylation is 1. The molecule has 0 saturated carbocycles. The third kappa shape index (κ3) is 4.01. The molecule has 0 aliphatic heterocycles. The number of benzene rings is 3. The molecule has 0 aliphatic carbocycles. The Morgan fingerprint density at radius 2 is 1.84 bits per heavy atom. The summed E-state index contributed by atoms with van der Waals surface area (Å²) in [7, 11) is 0. The van der Waals surface area contributed by atoms with Crippen LogP contribution in [0.3, 0.4) is 0 Å². The van der Waals surface area contributed by atoms with Crippen LogP contribution in [0.15, 0.2) is 66.7 Å². The second-order valence-corrected chi connectivity index (χ2v) is 8.28. The third-order valence-electron chi connectivity index (χ3n) is 5.65. The molecule has 0 fully saturated rings. The van der Waals surface area contributed by atoms with Crippen molar-refractivity contribution in [3.8, 4) is 22.5 Å². The number of fused-ring (bicyclic) bond motifs is 1. The molecule has 0 bridgehead atoms. The lowest BCUT2D eigenvalue weighted by Gasteiger charge is -2.13. The number of aromatic amines is 1. The fraction of sp³-hybridized carbons (Fsp3) is 0.200. The number of H-pyrrole nitrogens is 1. The van der Waals surface area contributed by atoms with Crippen molar-refractivity contribution < 1.29 is 0 Å². The number of aromatic nitrogens is 6. The number of nitrogens with zero attached hydrogens (tertiary/aromatic N) is 5. The fourth-order valence-corrected chi connectivity index (χ4v) is 4.23. The highest BCUT2D eigenvalue weighted by Crippen LogP contribution is 2.32. The van der Waals surface area contributed by atoms with Crippen LogP contribution in [-0.4, -0.2) is 30.2 Å². The molecule has 5 aromatic rings. The standard InChI is InChI=1S/C25H23ClN6/c1-2-3-9-24-27-22-13-11-19(26)15-23(22)32(24)16-17-10-12-20(18-7-5-4-6-8-18)21(14-17)25-28-30-31-29-25/h4-8,10-15H,2-3,9,16H2,1H3,(H,28,29,30,31). The number of hydrogen-bond acceptors (Lipinski definition) is 4. The van der Waals surface area contributed by atoms with Crippen molar-refractivity contribution in [2.24, 2.45) is 0 Å². The quantitative estimate of drug-likeness (QED) is 0.339. The van der Waals surface area contributed by atoms with Gasteiger partial charge >= 0.3 is 0 Å². The molecule has 6 nitrogen and oxygen atoms in total. The van der Waals surface area contributed by atoms with Crippen molar-refractivity contribution in [3.63, 3.8) is 0 Å². The number of imidazole rings is 1. The molecule has 32 heavy (non-hydrogen) atoms. The predicted octanol–water partition coefficient (Wildman–Crippen LogP) is 5.93. The minimum atomic E-state index is 0.649. The average molecular weight is 443 g/mol. The van der Waals surface area contributed by atoms with Crippen LogP contribution in [0.25, 0.3) is 33.5 Å². The third-order valence-corrected chi connectivity index (χ3v) is 5.89. The average Bonchev–Trinajstić information content (AvgIpc) is 3.47. The first-order valence-corrected chi connectivity index (χ1v) is 11.2. The van der Waals surface area contributed by atoms with Crippen molar-refractivity contribution in [3.05, 3.63) is 83.1 Å². The molecule has 0 spiro atoms. The van der Waals surface area contributed by atoms with Crippen molar-refractivity contribution in [1.82, 2.24) is 30.2 Å². The van der Waals surface area contributed by atoms with Gasteiger partial charge in [-0.2, -0.15) is 0 Å². The minimum Gasteiger partial charge on any atom is -0.323 e. The molecule has 0 radical (unpaired) electrons. The number of nitrogens with one attached hydrogen (secondary N) is 1. The molecule has 0 saturated heterocycles. The summed E-state index contributed by atoms with van der Waals surface area (Å²) in [6.45, 7) is 2.89. The van der Waals surface area contributed by atoms with E-state index in [1.807, 2.05) is 36.4 Å². The Morgan fingerprint density at radius 3 is 2.62 bits per heavy atom. The summed E-state index contributed by atoms with van der Waals surface area (Å²) in [4.78, 5) is 4.89. The zero-order valence-electron chi connectivity index (χ0n) is 17.8. The van der Waals surface area contributed by atoms with Crippen molar-refractivity contribution in [1.29, 1.82) is 0 Å². The van der Waals surface area contributed by atoms with E-state index < -0.39 is 0 Å². The van der Waals surface area contributed by atoms with Gasteiger partial charge in [-0.05, 0) is 57.8 Å². The first-order chi connectivity index (χ1) is 15.7. The summed E-state index contributed by atoms with van der Waals surface area (Å²) >= 11 is 6.32. The molecule has 2 aromatic heterocycles. The molecular weight excluding hydrogens is 420 g/mol. The van der Waals surface area contributed by atoms with E-state index in [0.717, 1.165) is 58.4 Å². The lowest BCUT2D eigenvalue weighted by atomic mass is 9.97. The zero-order valence-corrected chi connectivity index (χ0v) is 18.5. The second-order valence-electron chi connectivity index (χ2n) is 7.85. The van der Waals surface area contributed by atoms with E-state index in [4.69, 9.17) is 16.6 Å². The molecule has 2 heterocycles. The molecule has 0 unspecified atom stereocenters. The highest BCUT2D eigenvalue weighted by atomic mass is 35.5. The van der Waals surface area contributed by atoms with E-state index in [0.29, 0.717) is 17.4 Å². The molecular formula is C25H23ClN6. The van der Waals surface area contributed by atoms with Crippen LogP contribution >= 0.6 is 11.6 Å². The fourth-order valence-electron chi connectivity index (χ4n) is 4.06. The molecule has 0 atom stereocenters. The van der Waals surface area contributed by atoms with Crippen molar-refractivity contribution in [2.75, 3.05) is 0 Å². The van der Waals surface area contributed by atoms with E-state index in [2.05, 4.69) is 62.4 Å². The number of tetrazole rings is 1. The summed E-state index contributed by atoms with van der Waals surface area (Å²) in [6, 6.07) is 22.6. The van der Waals surface area contributed by atoms with E-state index >= 15 is 0 Å². The highest BCUT2D eigenvalue weighted by Gasteiger charge is 2.15. The Kier molecular flexibility index (Phi) is 5.69. The first kappa shape index (κ1) is 20.4. The summed E-state index contributed by atoms with van der Waals surface area (Å²) in [5.41, 5.74) is 6.34. The van der Waals surface area contributed by atoms with E-state index in [-0.39, 0.29) is 0 Å². The lowest BCUT2D eigenvalue weighted by molar-refractivity contribution is 0.690. The molecule has 0 aliphatic rings. The predicted molar refractivity (Wildman–Crippen MR) is 128 cm³/mol. The van der Waals surface area contributed by atoms with E-state index in [1.54, 1.807) is 0 Å². The SMILES string of the molecule is CCCCc1nc2ccc(Cl)cc2n1Cc1ccc(-c2ccccc2)c(-c2nnn[nH]2)c1. The Labute approximate surface area is 191 Å². The van der Waals surface area contributed by atoms with Gasteiger partial charge in [0.25, 0.3) is 0 Å². The van der Waals surface area contributed by atoms with E-state index in [9.17, 15) is 0 Å². The normalized spacial score (nSPS) is 11.3. The van der Waals surface area contributed by atoms with Gasteiger partial charge in [-0.1, -0.05) is 67.4 Å². The Bertz CT molecular complexity index is 1340. The van der Waals surface area contributed by atoms with Gasteiger partial charge in [0.1, 0.15) is 5.82 Å². The Hall–Kier alpha value is -3.51. The minimum absolute atomic E-state index is 0.649. The number of halogens is 1. The maximum absolute atomic E-state index is 6.32. The van der Waals surface area contributed by atoms with Crippen molar-refractivity contribution in [2.45, 2.75) is 32.7 Å². The zero-order chi connectivity index (χ0) is 21.9. The van der Waals surface area contributed by atoms with Gasteiger partial charge in [0, 0.05) is 23.6 Å². The lowest BCUT2D eigenvalue weighted by Crippen LogP contribution is -2.06. The van der Waals surface area contributed by atoms with Crippen LogP contribution in [0.1, 0.15) is 31.2 Å². The van der Waals surface area contributed by atoms with Crippen LogP contribution < -0.4 is 0 Å². The largest absolute Gasteiger partial charge is 0.323 e. The van der Waals surface area contributed by atoms with Crippen LogP contribution in [0, 0.1) is 0 Å². The monoisotopic (exact) mass is 442 g/mol. The van der Waals surface area contributed by atoms with Crippen molar-refractivity contribution >= 4 is 22.6 Å². The maximum Gasteiger partial charge on any atom is 0.180 e. The van der Waals surface area contributed by atoms with Gasteiger partial charge in [0.15, 0.2) is 5.82 Å². The van der Waals surface area contributed by atoms with Gasteiger partial charge in [0.05, 0.1) is 11.0 Å². The molecule has 5 rings (SSSR count). The summed E-state index contributed by atoms with van der Waals surface area (Å²) in [5, 5.41) is 15.4. The van der Waals surface area contributed by atoms with Crippen LogP contribution in [-0.2, 0) is 13.0 Å². The second kappa shape index (κ2) is 8.93. The Morgan fingerprint density at radius 1 is 0.969 bits per heavy atom. The van der Waals surface area contributed by atoms with Gasteiger partial charge in [-0.3, -0.25) is 0 Å². The maximum atomic E-state index is 6.32. The molecule has 3 aromatic carbocycles. The molecule has 0 amide bonds. The van der Waals surface area contributed by atoms with Gasteiger partial charge in [-0.15, -0.1) is 5.10 Å². The highest BCUT2D eigenvalue weighted by molar-refractivity contribution is 6.31. The molecule has 7 heteroatoms. The topological polar surface area (TPSA) is 72.3 Å². The van der Waals surface area contributed by atoms with Crippen LogP contribution in [0.5, 0.6) is 0 Å². The first-order valence-electron chi connectivity index (χ1n) is 10.8. The smallest absolute Gasteiger partial charge is 0.180 e. The molecule has 160 valence electrons. The molecule has 1 N–H and O–H groups in total. The van der Waals surface area contributed by atoms with E-state index in [1.165, 1.54) is 0 Å². The van der Waals surface area contributed by atoms with Gasteiger partial charge < -0.3 is 4.57 Å². The van der Waals surface area contributed by atoms with Gasteiger partial charge in [-0.25, -0.2) is 10.1 Å². The van der Waals surface area contributed by atoms with Crippen LogP contribution in [0.4, 0.5) is 0 Å². The van der Waals surface area contributed by atoms with Gasteiger partial charge in [0.2, 0.25) is 0 Å². The number of unbranched alkanes of at least 4 members (excludes halogenated alkanes) is 1. The summed E-state index contributed by atoms with van der Waals surface area (Å²) in [6.07, 6.45) is 3.15.